The molecule has 0 unspecified atom stereocenters. The van der Waals surface area contributed by atoms with Gasteiger partial charge in [0.05, 0.1) is 25.7 Å². The minimum absolute atomic E-state index is 0.108. The Morgan fingerprint density at radius 2 is 1.77 bits per heavy atom. The van der Waals surface area contributed by atoms with Crippen molar-refractivity contribution in [2.24, 2.45) is 0 Å². The van der Waals surface area contributed by atoms with Crippen LogP contribution in [0.1, 0.15) is 17.2 Å². The van der Waals surface area contributed by atoms with Crippen LogP contribution in [0.25, 0.3) is 0 Å². The fourth-order valence-corrected chi connectivity index (χ4v) is 3.17. The van der Waals surface area contributed by atoms with Gasteiger partial charge in [0.25, 0.3) is 0 Å². The highest BCUT2D eigenvalue weighted by Gasteiger charge is 2.23. The third-order valence-electron chi connectivity index (χ3n) is 4.47. The first-order chi connectivity index (χ1) is 12.6. The number of amides is 1. The normalized spacial score (nSPS) is 16.2. The Labute approximate surface area is 151 Å². The molecule has 0 spiro atoms. The van der Waals surface area contributed by atoms with E-state index in [2.05, 4.69) is 10.2 Å². The third kappa shape index (κ3) is 5.09. The monoisotopic (exact) mass is 360 g/mol. The summed E-state index contributed by atoms with van der Waals surface area (Å²) in [4.78, 5) is 14.4. The van der Waals surface area contributed by atoms with Gasteiger partial charge in [0, 0.05) is 19.6 Å². The molecule has 1 N–H and O–H groups in total. The van der Waals surface area contributed by atoms with Crippen molar-refractivity contribution >= 4 is 5.91 Å². The molecule has 26 heavy (non-hydrogen) atoms. The molecule has 1 amide bonds. The molecule has 1 aliphatic rings. The van der Waals surface area contributed by atoms with E-state index in [0.717, 1.165) is 18.7 Å². The zero-order valence-electron chi connectivity index (χ0n) is 14.5. The van der Waals surface area contributed by atoms with Gasteiger partial charge in [-0.1, -0.05) is 24.3 Å². The lowest BCUT2D eigenvalue weighted by molar-refractivity contribution is -0.120. The van der Waals surface area contributed by atoms with Crippen LogP contribution in [0.2, 0.25) is 0 Å². The lowest BCUT2D eigenvalue weighted by Crippen LogP contribution is -2.44. The first kappa shape index (κ1) is 18.5. The number of hydrogen-bond acceptors (Lipinski definition) is 3. The summed E-state index contributed by atoms with van der Waals surface area (Å²) in [5, 5.41) is 2.90. The molecule has 2 aromatic carbocycles. The van der Waals surface area contributed by atoms with Gasteiger partial charge < -0.3 is 10.1 Å². The molecule has 0 aliphatic carbocycles. The molecule has 1 heterocycles. The molecule has 1 saturated heterocycles. The predicted octanol–water partition coefficient (Wildman–Crippen LogP) is 2.70. The number of halogens is 2. The summed E-state index contributed by atoms with van der Waals surface area (Å²) in [6.07, 6.45) is 0.108. The second kappa shape index (κ2) is 8.87. The molecule has 4 nitrogen and oxygen atoms in total. The van der Waals surface area contributed by atoms with Crippen molar-refractivity contribution in [3.05, 3.63) is 71.3 Å². The fraction of sp³-hybridized carbons (Fsp3) is 0.350. The van der Waals surface area contributed by atoms with Crippen molar-refractivity contribution in [3.8, 4) is 0 Å². The largest absolute Gasteiger partial charge is 0.379 e. The van der Waals surface area contributed by atoms with Crippen LogP contribution in [-0.2, 0) is 16.0 Å². The molecule has 0 radical (unpaired) electrons. The van der Waals surface area contributed by atoms with Gasteiger partial charge in [-0.2, -0.15) is 0 Å². The minimum Gasteiger partial charge on any atom is -0.379 e. The number of nitrogens with zero attached hydrogens (tertiary/aromatic N) is 1. The van der Waals surface area contributed by atoms with Gasteiger partial charge in [0.15, 0.2) is 0 Å². The van der Waals surface area contributed by atoms with Crippen LogP contribution in [0.4, 0.5) is 8.78 Å². The standard InChI is InChI=1S/C20H22F2N2O2/c21-17-5-1-3-15(11-17)12-20(25)23-14-19(24-7-9-26-10-8-24)16-4-2-6-18(22)13-16/h1-6,11,13,19H,7-10,12,14H2,(H,23,25)/t19-/m1/s1. The van der Waals surface area contributed by atoms with E-state index in [1.807, 2.05) is 6.07 Å². The quantitative estimate of drug-likeness (QED) is 0.861. The summed E-state index contributed by atoms with van der Waals surface area (Å²) in [5.41, 5.74) is 1.44. The van der Waals surface area contributed by atoms with Crippen LogP contribution in [0.5, 0.6) is 0 Å². The van der Waals surface area contributed by atoms with Crippen molar-refractivity contribution < 1.29 is 18.3 Å². The van der Waals surface area contributed by atoms with E-state index in [1.165, 1.54) is 24.3 Å². The van der Waals surface area contributed by atoms with Gasteiger partial charge in [-0.3, -0.25) is 9.69 Å². The van der Waals surface area contributed by atoms with Crippen LogP contribution in [0, 0.1) is 11.6 Å². The van der Waals surface area contributed by atoms with E-state index in [1.54, 1.807) is 18.2 Å². The minimum atomic E-state index is -0.360. The van der Waals surface area contributed by atoms with Crippen molar-refractivity contribution in [1.29, 1.82) is 0 Å². The SMILES string of the molecule is O=C(Cc1cccc(F)c1)NC[C@H](c1cccc(F)c1)N1CCOCC1. The molecule has 0 bridgehead atoms. The average Bonchev–Trinajstić information content (AvgIpc) is 2.63. The summed E-state index contributed by atoms with van der Waals surface area (Å²) >= 11 is 0. The molecular formula is C20H22F2N2O2. The molecule has 6 heteroatoms. The molecule has 3 rings (SSSR count). The maximum atomic E-state index is 13.7. The zero-order valence-corrected chi connectivity index (χ0v) is 14.5. The highest BCUT2D eigenvalue weighted by atomic mass is 19.1. The van der Waals surface area contributed by atoms with Gasteiger partial charge in [-0.25, -0.2) is 8.78 Å². The van der Waals surface area contributed by atoms with E-state index >= 15 is 0 Å². The Hall–Kier alpha value is -2.31. The summed E-state index contributed by atoms with van der Waals surface area (Å²) < 4.78 is 32.3. The van der Waals surface area contributed by atoms with E-state index in [0.29, 0.717) is 25.3 Å². The highest BCUT2D eigenvalue weighted by Crippen LogP contribution is 2.22. The molecular weight excluding hydrogens is 338 g/mol. The van der Waals surface area contributed by atoms with E-state index < -0.39 is 0 Å². The summed E-state index contributed by atoms with van der Waals surface area (Å²) in [5.74, 6) is -0.849. The maximum Gasteiger partial charge on any atom is 0.224 e. The van der Waals surface area contributed by atoms with Crippen LogP contribution in [0.3, 0.4) is 0 Å². The van der Waals surface area contributed by atoms with Gasteiger partial charge >= 0.3 is 0 Å². The number of carbonyl (C=O) groups excluding carboxylic acids is 1. The van der Waals surface area contributed by atoms with Gasteiger partial charge in [-0.05, 0) is 35.4 Å². The number of ether oxygens (including phenoxy) is 1. The first-order valence-electron chi connectivity index (χ1n) is 8.70. The Morgan fingerprint density at radius 1 is 1.08 bits per heavy atom. The van der Waals surface area contributed by atoms with Crippen LogP contribution >= 0.6 is 0 Å². The number of benzene rings is 2. The Bertz CT molecular complexity index is 748. The number of nitrogens with one attached hydrogen (secondary N) is 1. The Balaban J connectivity index is 1.66. The van der Waals surface area contributed by atoms with Gasteiger partial charge in [0.1, 0.15) is 11.6 Å². The van der Waals surface area contributed by atoms with E-state index in [4.69, 9.17) is 4.74 Å². The lowest BCUT2D eigenvalue weighted by atomic mass is 10.0. The predicted molar refractivity (Wildman–Crippen MR) is 94.6 cm³/mol. The fourth-order valence-electron chi connectivity index (χ4n) is 3.17. The molecule has 1 fully saturated rings. The zero-order chi connectivity index (χ0) is 18.4. The molecule has 138 valence electrons. The first-order valence-corrected chi connectivity index (χ1v) is 8.70. The average molecular weight is 360 g/mol. The van der Waals surface area contributed by atoms with Crippen LogP contribution in [-0.4, -0.2) is 43.7 Å². The van der Waals surface area contributed by atoms with Crippen molar-refractivity contribution in [1.82, 2.24) is 10.2 Å². The smallest absolute Gasteiger partial charge is 0.224 e. The van der Waals surface area contributed by atoms with E-state index in [9.17, 15) is 13.6 Å². The lowest BCUT2D eigenvalue weighted by Gasteiger charge is -2.35. The van der Waals surface area contributed by atoms with Gasteiger partial charge in [-0.15, -0.1) is 0 Å². The molecule has 2 aromatic rings. The topological polar surface area (TPSA) is 41.6 Å². The summed E-state index contributed by atoms with van der Waals surface area (Å²) in [7, 11) is 0. The van der Waals surface area contributed by atoms with Crippen LogP contribution < -0.4 is 5.32 Å². The number of rotatable bonds is 6. The second-order valence-corrected chi connectivity index (χ2v) is 6.33. The van der Waals surface area contributed by atoms with Crippen molar-refractivity contribution in [3.63, 3.8) is 0 Å². The molecule has 0 saturated carbocycles. The molecule has 1 aliphatic heterocycles. The summed E-state index contributed by atoms with van der Waals surface area (Å²) in [6, 6.07) is 12.3. The number of hydrogen-bond donors (Lipinski definition) is 1. The van der Waals surface area contributed by atoms with E-state index in [-0.39, 0.29) is 30.0 Å². The molecule has 0 aromatic heterocycles. The third-order valence-corrected chi connectivity index (χ3v) is 4.47. The molecule has 1 atom stereocenters. The Morgan fingerprint density at radius 3 is 2.46 bits per heavy atom. The van der Waals surface area contributed by atoms with Crippen molar-refractivity contribution in [2.45, 2.75) is 12.5 Å². The van der Waals surface area contributed by atoms with Crippen molar-refractivity contribution in [2.75, 3.05) is 32.8 Å². The second-order valence-electron chi connectivity index (χ2n) is 6.33. The highest BCUT2D eigenvalue weighted by molar-refractivity contribution is 5.78. The number of morpholine rings is 1. The summed E-state index contributed by atoms with van der Waals surface area (Å²) in [6.45, 7) is 3.03. The number of carbonyl (C=O) groups is 1. The van der Waals surface area contributed by atoms with Gasteiger partial charge in [0.2, 0.25) is 5.91 Å². The maximum absolute atomic E-state index is 13.7. The Kier molecular flexibility index (Phi) is 6.30. The van der Waals surface area contributed by atoms with Crippen LogP contribution in [0.15, 0.2) is 48.5 Å².